The summed E-state index contributed by atoms with van der Waals surface area (Å²) >= 11 is 0. The van der Waals surface area contributed by atoms with Crippen LogP contribution >= 0.6 is 0 Å². The Morgan fingerprint density at radius 3 is 2.47 bits per heavy atom. The molecule has 0 N–H and O–H groups in total. The van der Waals surface area contributed by atoms with Crippen LogP contribution in [0.1, 0.15) is 13.8 Å². The van der Waals surface area contributed by atoms with Crippen molar-refractivity contribution in [1.82, 2.24) is 19.6 Å². The van der Waals surface area contributed by atoms with Crippen molar-refractivity contribution in [2.24, 2.45) is 5.92 Å². The number of hydrogen-bond acceptors (Lipinski definition) is 5. The van der Waals surface area contributed by atoms with Gasteiger partial charge in [-0.05, 0) is 5.92 Å². The zero-order chi connectivity index (χ0) is 13.8. The minimum atomic E-state index is -0.413. The van der Waals surface area contributed by atoms with Gasteiger partial charge in [0.05, 0.1) is 11.6 Å². The third-order valence-electron chi connectivity index (χ3n) is 3.26. The number of piperazine rings is 1. The van der Waals surface area contributed by atoms with Gasteiger partial charge in [0.15, 0.2) is 0 Å². The van der Waals surface area contributed by atoms with Gasteiger partial charge in [0.1, 0.15) is 12.4 Å². The number of hydrogen-bond donors (Lipinski definition) is 0. The standard InChI is InChI=1S/C12H21N5O2/c1-11(2)8-14-3-5-15(6-4-14)10-16-9-12(7-13-16)17(18)19/h7,9,11H,3-6,8,10H2,1-2H3. The molecule has 0 saturated carbocycles. The molecule has 0 bridgehead atoms. The van der Waals surface area contributed by atoms with Crippen LogP contribution in [-0.2, 0) is 6.67 Å². The van der Waals surface area contributed by atoms with Gasteiger partial charge in [0.2, 0.25) is 0 Å². The van der Waals surface area contributed by atoms with Crippen LogP contribution in [-0.4, -0.2) is 57.2 Å². The maximum absolute atomic E-state index is 10.6. The fraction of sp³-hybridized carbons (Fsp3) is 0.750. The van der Waals surface area contributed by atoms with Crippen LogP contribution in [0.15, 0.2) is 12.4 Å². The SMILES string of the molecule is CC(C)CN1CCN(Cn2cc([N+](=O)[O-])cn2)CC1. The summed E-state index contributed by atoms with van der Waals surface area (Å²) in [6.07, 6.45) is 2.79. The highest BCUT2D eigenvalue weighted by atomic mass is 16.6. The molecule has 1 aliphatic rings. The van der Waals surface area contributed by atoms with E-state index in [0.717, 1.165) is 32.7 Å². The Morgan fingerprint density at radius 1 is 1.32 bits per heavy atom. The predicted molar refractivity (Wildman–Crippen MR) is 71.7 cm³/mol. The van der Waals surface area contributed by atoms with Gasteiger partial charge in [0, 0.05) is 32.7 Å². The van der Waals surface area contributed by atoms with Gasteiger partial charge in [-0.25, -0.2) is 0 Å². The number of rotatable bonds is 5. The topological polar surface area (TPSA) is 67.4 Å². The first-order valence-electron chi connectivity index (χ1n) is 6.66. The zero-order valence-electron chi connectivity index (χ0n) is 11.5. The van der Waals surface area contributed by atoms with Crippen molar-refractivity contribution in [1.29, 1.82) is 0 Å². The van der Waals surface area contributed by atoms with Crippen molar-refractivity contribution < 1.29 is 4.92 Å². The fourth-order valence-electron chi connectivity index (χ4n) is 2.36. The third kappa shape index (κ3) is 4.00. The van der Waals surface area contributed by atoms with Crippen molar-refractivity contribution in [3.8, 4) is 0 Å². The van der Waals surface area contributed by atoms with Crippen molar-refractivity contribution in [3.05, 3.63) is 22.5 Å². The Kier molecular flexibility index (Phi) is 4.49. The monoisotopic (exact) mass is 267 g/mol. The van der Waals surface area contributed by atoms with Crippen LogP contribution in [0.5, 0.6) is 0 Å². The van der Waals surface area contributed by atoms with Gasteiger partial charge in [-0.1, -0.05) is 13.8 Å². The molecular formula is C12H21N5O2. The van der Waals surface area contributed by atoms with Gasteiger partial charge in [-0.2, -0.15) is 5.10 Å². The average molecular weight is 267 g/mol. The number of aromatic nitrogens is 2. The molecular weight excluding hydrogens is 246 g/mol. The van der Waals surface area contributed by atoms with Crippen LogP contribution < -0.4 is 0 Å². The van der Waals surface area contributed by atoms with Gasteiger partial charge in [-0.15, -0.1) is 0 Å². The first kappa shape index (κ1) is 14.0. The van der Waals surface area contributed by atoms with E-state index in [2.05, 4.69) is 28.7 Å². The van der Waals surface area contributed by atoms with E-state index in [1.54, 1.807) is 4.68 Å². The lowest BCUT2D eigenvalue weighted by atomic mass is 10.2. The summed E-state index contributed by atoms with van der Waals surface area (Å²) in [6.45, 7) is 10.3. The lowest BCUT2D eigenvalue weighted by molar-refractivity contribution is -0.385. The van der Waals surface area contributed by atoms with E-state index in [4.69, 9.17) is 0 Å². The smallest absolute Gasteiger partial charge is 0.301 e. The Hall–Kier alpha value is -1.47. The van der Waals surface area contributed by atoms with Gasteiger partial charge in [-0.3, -0.25) is 19.7 Å². The highest BCUT2D eigenvalue weighted by Gasteiger charge is 2.18. The Morgan fingerprint density at radius 2 is 1.95 bits per heavy atom. The van der Waals surface area contributed by atoms with Gasteiger partial charge < -0.3 is 4.90 Å². The molecule has 7 nitrogen and oxygen atoms in total. The zero-order valence-corrected chi connectivity index (χ0v) is 11.5. The second kappa shape index (κ2) is 6.12. The molecule has 0 unspecified atom stereocenters. The first-order chi connectivity index (χ1) is 9.04. The molecule has 1 aromatic rings. The molecule has 7 heteroatoms. The second-order valence-electron chi connectivity index (χ2n) is 5.45. The lowest BCUT2D eigenvalue weighted by Crippen LogP contribution is -2.47. The van der Waals surface area contributed by atoms with Crippen molar-refractivity contribution in [3.63, 3.8) is 0 Å². The number of nitrogens with zero attached hydrogens (tertiary/aromatic N) is 5. The molecule has 0 atom stereocenters. The molecule has 0 aromatic carbocycles. The van der Waals surface area contributed by atoms with Crippen molar-refractivity contribution >= 4 is 5.69 Å². The molecule has 0 radical (unpaired) electrons. The summed E-state index contributed by atoms with van der Waals surface area (Å²) in [6, 6.07) is 0. The molecule has 0 amide bonds. The first-order valence-corrected chi connectivity index (χ1v) is 6.66. The highest BCUT2D eigenvalue weighted by Crippen LogP contribution is 2.10. The second-order valence-corrected chi connectivity index (χ2v) is 5.45. The minimum absolute atomic E-state index is 0.0541. The molecule has 1 saturated heterocycles. The van der Waals surface area contributed by atoms with Crippen LogP contribution in [0.3, 0.4) is 0 Å². The molecule has 2 heterocycles. The Labute approximate surface area is 112 Å². The van der Waals surface area contributed by atoms with E-state index in [0.29, 0.717) is 12.6 Å². The normalized spacial score (nSPS) is 18.1. The van der Waals surface area contributed by atoms with Crippen LogP contribution in [0, 0.1) is 16.0 Å². The summed E-state index contributed by atoms with van der Waals surface area (Å²) < 4.78 is 1.64. The molecule has 0 aliphatic carbocycles. The van der Waals surface area contributed by atoms with Crippen molar-refractivity contribution in [2.45, 2.75) is 20.5 Å². The molecule has 19 heavy (non-hydrogen) atoms. The minimum Gasteiger partial charge on any atom is -0.301 e. The van der Waals surface area contributed by atoms with Crippen LogP contribution in [0.25, 0.3) is 0 Å². The molecule has 2 rings (SSSR count). The third-order valence-corrected chi connectivity index (χ3v) is 3.26. The summed E-state index contributed by atoms with van der Waals surface area (Å²) in [5.41, 5.74) is 0.0541. The van der Waals surface area contributed by atoms with E-state index in [1.165, 1.54) is 12.4 Å². The largest absolute Gasteiger partial charge is 0.307 e. The summed E-state index contributed by atoms with van der Waals surface area (Å²) in [5, 5.41) is 14.6. The quantitative estimate of drug-likeness (QED) is 0.588. The average Bonchev–Trinajstić information content (AvgIpc) is 2.80. The van der Waals surface area contributed by atoms with Gasteiger partial charge >= 0.3 is 5.69 Å². The summed E-state index contributed by atoms with van der Waals surface area (Å²) in [7, 11) is 0. The molecule has 1 fully saturated rings. The Bertz CT molecular complexity index is 424. The van der Waals surface area contributed by atoms with Crippen LogP contribution in [0.2, 0.25) is 0 Å². The van der Waals surface area contributed by atoms with E-state index >= 15 is 0 Å². The summed E-state index contributed by atoms with van der Waals surface area (Å²) in [5.74, 6) is 0.695. The van der Waals surface area contributed by atoms with E-state index in [-0.39, 0.29) is 5.69 Å². The van der Waals surface area contributed by atoms with Gasteiger partial charge in [0.25, 0.3) is 0 Å². The van der Waals surface area contributed by atoms with E-state index in [9.17, 15) is 10.1 Å². The predicted octanol–water partition coefficient (Wildman–Crippen LogP) is 1.02. The molecule has 1 aromatic heterocycles. The van der Waals surface area contributed by atoms with Crippen molar-refractivity contribution in [2.75, 3.05) is 32.7 Å². The molecule has 106 valence electrons. The summed E-state index contributed by atoms with van der Waals surface area (Å²) in [4.78, 5) is 14.9. The Balaban J connectivity index is 1.80. The molecule has 0 spiro atoms. The lowest BCUT2D eigenvalue weighted by Gasteiger charge is -2.35. The van der Waals surface area contributed by atoms with E-state index in [1.807, 2.05) is 0 Å². The highest BCUT2D eigenvalue weighted by molar-refractivity contribution is 5.20. The molecule has 1 aliphatic heterocycles. The maximum Gasteiger partial charge on any atom is 0.307 e. The fourth-order valence-corrected chi connectivity index (χ4v) is 2.36. The van der Waals surface area contributed by atoms with E-state index < -0.39 is 4.92 Å². The number of nitro groups is 1. The maximum atomic E-state index is 10.6. The van der Waals surface area contributed by atoms with Crippen LogP contribution in [0.4, 0.5) is 5.69 Å².